The molecular formula is C23H23F6N5O7. The zero-order chi connectivity index (χ0) is 30.8. The van der Waals surface area contributed by atoms with Crippen LogP contribution in [0.5, 0.6) is 5.88 Å². The third-order valence-corrected chi connectivity index (χ3v) is 5.11. The fourth-order valence-corrected chi connectivity index (χ4v) is 3.35. The monoisotopic (exact) mass is 595 g/mol. The number of carbonyl (C=O) groups is 3. The van der Waals surface area contributed by atoms with Crippen LogP contribution in [-0.4, -0.2) is 73.7 Å². The van der Waals surface area contributed by atoms with Gasteiger partial charge in [-0.15, -0.1) is 0 Å². The highest BCUT2D eigenvalue weighted by Gasteiger charge is 2.39. The molecule has 3 N–H and O–H groups in total. The summed E-state index contributed by atoms with van der Waals surface area (Å²) in [6, 6.07) is 9.06. The number of methoxy groups -OCH3 is 1. The van der Waals surface area contributed by atoms with Gasteiger partial charge in [-0.1, -0.05) is 6.07 Å². The van der Waals surface area contributed by atoms with Crippen molar-refractivity contribution in [3.05, 3.63) is 66.0 Å². The maximum absolute atomic E-state index is 12.8. The van der Waals surface area contributed by atoms with E-state index < -0.39 is 30.3 Å². The molecule has 4 heterocycles. The minimum atomic E-state index is -5.08. The normalized spacial score (nSPS) is 14.9. The maximum atomic E-state index is 12.8. The van der Waals surface area contributed by atoms with Crippen LogP contribution in [0.3, 0.4) is 0 Å². The van der Waals surface area contributed by atoms with Gasteiger partial charge < -0.3 is 24.7 Å². The summed E-state index contributed by atoms with van der Waals surface area (Å²) in [6.07, 6.45) is -5.13. The summed E-state index contributed by atoms with van der Waals surface area (Å²) in [6.45, 7) is 2.26. The Morgan fingerprint density at radius 1 is 1.05 bits per heavy atom. The number of carboxylic acids is 2. The molecule has 3 aromatic heterocycles. The molecule has 1 atom stereocenters. The Morgan fingerprint density at radius 2 is 1.68 bits per heavy atom. The van der Waals surface area contributed by atoms with Crippen LogP contribution in [-0.2, 0) is 34.0 Å². The molecule has 12 nitrogen and oxygen atoms in total. The molecule has 0 aromatic carbocycles. The number of nitrogens with zero attached hydrogens (tertiary/aromatic N) is 4. The van der Waals surface area contributed by atoms with E-state index in [1.165, 1.54) is 0 Å². The van der Waals surface area contributed by atoms with Gasteiger partial charge in [0, 0.05) is 37.6 Å². The number of halogens is 6. The number of pyridine rings is 1. The van der Waals surface area contributed by atoms with E-state index in [9.17, 15) is 31.1 Å². The van der Waals surface area contributed by atoms with Gasteiger partial charge in [0.1, 0.15) is 11.8 Å². The highest BCUT2D eigenvalue weighted by atomic mass is 19.4. The van der Waals surface area contributed by atoms with E-state index in [0.29, 0.717) is 32.1 Å². The van der Waals surface area contributed by atoms with Gasteiger partial charge in [-0.05, 0) is 24.3 Å². The number of ether oxygens (including phenoxy) is 1. The number of furan rings is 1. The topological polar surface area (TPSA) is 160 Å². The first-order valence-corrected chi connectivity index (χ1v) is 11.3. The summed E-state index contributed by atoms with van der Waals surface area (Å²) in [5.41, 5.74) is 1.99. The van der Waals surface area contributed by atoms with Crippen LogP contribution in [0, 0.1) is 0 Å². The Morgan fingerprint density at radius 3 is 2.22 bits per heavy atom. The van der Waals surface area contributed by atoms with Crippen molar-refractivity contribution in [2.24, 2.45) is 0 Å². The molecule has 1 aliphatic rings. The molecular weight excluding hydrogens is 572 g/mol. The Hall–Kier alpha value is -4.61. The molecule has 3 aromatic rings. The van der Waals surface area contributed by atoms with Crippen LogP contribution >= 0.6 is 0 Å². The summed E-state index contributed by atoms with van der Waals surface area (Å²) in [5, 5.41) is 21.5. The third-order valence-electron chi connectivity index (χ3n) is 5.11. The van der Waals surface area contributed by atoms with E-state index in [1.807, 2.05) is 24.3 Å². The van der Waals surface area contributed by atoms with Crippen LogP contribution in [0.15, 0.2) is 53.4 Å². The van der Waals surface area contributed by atoms with Crippen molar-refractivity contribution in [2.75, 3.05) is 13.7 Å². The first-order chi connectivity index (χ1) is 19.1. The van der Waals surface area contributed by atoms with Crippen molar-refractivity contribution in [3.8, 4) is 5.88 Å². The molecule has 224 valence electrons. The number of rotatable bonds is 6. The largest absolute Gasteiger partial charge is 0.490 e. The van der Waals surface area contributed by atoms with E-state index in [-0.39, 0.29) is 5.91 Å². The van der Waals surface area contributed by atoms with Crippen LogP contribution in [0.4, 0.5) is 26.3 Å². The average Bonchev–Trinajstić information content (AvgIpc) is 3.59. The third kappa shape index (κ3) is 10.1. The zero-order valence-electron chi connectivity index (χ0n) is 21.0. The number of aromatic nitrogens is 3. The standard InChI is InChI=1S/C19H21N5O3.2C2HF3O2/c1-26-19-14(4-2-7-20-19)11-23-12-15-6-8-22-24(15)17(13-23)18(25)21-10-16-5-3-9-27-16;2*3-2(4,5)1(6)7/h2-9,17H,10-13H2,1H3,(H,21,25);2*(H,6,7). The SMILES string of the molecule is COc1ncccc1CN1Cc2ccnn2C(C(=O)NCc2ccco2)C1.O=C(O)C(F)(F)F.O=C(O)C(F)(F)F. The summed E-state index contributed by atoms with van der Waals surface area (Å²) in [4.78, 5) is 37.0. The zero-order valence-corrected chi connectivity index (χ0v) is 21.0. The second-order valence-electron chi connectivity index (χ2n) is 8.03. The number of amides is 1. The van der Waals surface area contributed by atoms with E-state index in [1.54, 1.807) is 36.5 Å². The Bertz CT molecular complexity index is 1270. The van der Waals surface area contributed by atoms with Gasteiger partial charge in [-0.2, -0.15) is 31.4 Å². The van der Waals surface area contributed by atoms with Gasteiger partial charge in [0.05, 0.1) is 25.6 Å². The summed E-state index contributed by atoms with van der Waals surface area (Å²) in [5.74, 6) is -4.27. The molecule has 0 saturated carbocycles. The van der Waals surface area contributed by atoms with Crippen LogP contribution in [0.1, 0.15) is 23.1 Å². The lowest BCUT2D eigenvalue weighted by Gasteiger charge is -2.33. The van der Waals surface area contributed by atoms with Crippen LogP contribution < -0.4 is 10.1 Å². The fraction of sp³-hybridized carbons (Fsp3) is 0.348. The summed E-state index contributed by atoms with van der Waals surface area (Å²) < 4.78 is 75.9. The first kappa shape index (κ1) is 32.6. The predicted molar refractivity (Wildman–Crippen MR) is 124 cm³/mol. The number of hydrogen-bond donors (Lipinski definition) is 3. The van der Waals surface area contributed by atoms with Crippen molar-refractivity contribution in [1.29, 1.82) is 0 Å². The van der Waals surface area contributed by atoms with Gasteiger partial charge in [0.25, 0.3) is 0 Å². The van der Waals surface area contributed by atoms with E-state index in [4.69, 9.17) is 29.0 Å². The van der Waals surface area contributed by atoms with Gasteiger partial charge in [0.15, 0.2) is 0 Å². The predicted octanol–water partition coefficient (Wildman–Crippen LogP) is 3.02. The van der Waals surface area contributed by atoms with E-state index in [0.717, 1.165) is 17.0 Å². The molecule has 0 aliphatic carbocycles. The number of hydrogen-bond acceptors (Lipinski definition) is 8. The second kappa shape index (κ2) is 14.1. The molecule has 1 aliphatic heterocycles. The molecule has 0 fully saturated rings. The maximum Gasteiger partial charge on any atom is 0.490 e. The molecule has 0 saturated heterocycles. The first-order valence-electron chi connectivity index (χ1n) is 11.3. The highest BCUT2D eigenvalue weighted by Crippen LogP contribution is 2.24. The lowest BCUT2D eigenvalue weighted by molar-refractivity contribution is -0.193. The molecule has 1 amide bonds. The Labute approximate surface area is 227 Å². The number of carboxylic acid groups (broad SMARTS) is 2. The minimum absolute atomic E-state index is 0.0841. The lowest BCUT2D eigenvalue weighted by Crippen LogP contribution is -2.44. The number of carbonyl (C=O) groups excluding carboxylic acids is 1. The van der Waals surface area contributed by atoms with Crippen molar-refractivity contribution < 1.29 is 60.1 Å². The number of fused-ring (bicyclic) bond motifs is 1. The summed E-state index contributed by atoms with van der Waals surface area (Å²) in [7, 11) is 1.61. The minimum Gasteiger partial charge on any atom is -0.481 e. The van der Waals surface area contributed by atoms with E-state index in [2.05, 4.69) is 20.3 Å². The van der Waals surface area contributed by atoms with Gasteiger partial charge in [-0.3, -0.25) is 14.4 Å². The van der Waals surface area contributed by atoms with Crippen LogP contribution in [0.25, 0.3) is 0 Å². The van der Waals surface area contributed by atoms with Gasteiger partial charge in [0.2, 0.25) is 11.8 Å². The quantitative estimate of drug-likeness (QED) is 0.362. The molecule has 41 heavy (non-hydrogen) atoms. The van der Waals surface area contributed by atoms with Gasteiger partial charge in [-0.25, -0.2) is 14.6 Å². The van der Waals surface area contributed by atoms with Crippen molar-refractivity contribution >= 4 is 17.8 Å². The lowest BCUT2D eigenvalue weighted by atomic mass is 10.1. The second-order valence-corrected chi connectivity index (χ2v) is 8.03. The Kier molecular flexibility index (Phi) is 11.3. The van der Waals surface area contributed by atoms with Gasteiger partial charge >= 0.3 is 24.3 Å². The van der Waals surface area contributed by atoms with Crippen molar-refractivity contribution in [1.82, 2.24) is 25.0 Å². The molecule has 1 unspecified atom stereocenters. The Balaban J connectivity index is 0.000000349. The number of nitrogens with one attached hydrogen (secondary N) is 1. The molecule has 0 radical (unpaired) electrons. The van der Waals surface area contributed by atoms with Crippen molar-refractivity contribution in [2.45, 2.75) is 38.0 Å². The molecule has 0 bridgehead atoms. The van der Waals surface area contributed by atoms with E-state index >= 15 is 0 Å². The molecule has 4 rings (SSSR count). The smallest absolute Gasteiger partial charge is 0.481 e. The number of aliphatic carboxylic acids is 2. The highest BCUT2D eigenvalue weighted by molar-refractivity contribution is 5.80. The number of alkyl halides is 6. The molecule has 0 spiro atoms. The van der Waals surface area contributed by atoms with Crippen molar-refractivity contribution in [3.63, 3.8) is 0 Å². The van der Waals surface area contributed by atoms with Crippen LogP contribution in [0.2, 0.25) is 0 Å². The summed E-state index contributed by atoms with van der Waals surface area (Å²) >= 11 is 0. The molecule has 18 heteroatoms. The average molecular weight is 595 g/mol. The fourth-order valence-electron chi connectivity index (χ4n) is 3.35.